The normalized spacial score (nSPS) is 11.7. The second-order valence-electron chi connectivity index (χ2n) is 6.10. The Morgan fingerprint density at radius 3 is 2.00 bits per heavy atom. The lowest BCUT2D eigenvalue weighted by molar-refractivity contribution is 0.393. The van der Waals surface area contributed by atoms with Crippen molar-refractivity contribution in [1.29, 1.82) is 0 Å². The molecule has 0 unspecified atom stereocenters. The van der Waals surface area contributed by atoms with Gasteiger partial charge in [0.1, 0.15) is 11.5 Å². The van der Waals surface area contributed by atoms with Gasteiger partial charge in [-0.2, -0.15) is 0 Å². The number of nitrogens with zero attached hydrogens (tertiary/aromatic N) is 1. The smallest absolute Gasteiger partial charge is 0.131 e. The molecule has 0 aromatic heterocycles. The Hall–Kier alpha value is -2.29. The molecular weight excluding hydrogens is 274 g/mol. The summed E-state index contributed by atoms with van der Waals surface area (Å²) >= 11 is 0. The minimum absolute atomic E-state index is 0.0405. The SMILES string of the molecule is COc1cccc(OC)c1C=Nc1ccccc1C(C)(C)C. The Morgan fingerprint density at radius 2 is 1.45 bits per heavy atom. The zero-order valence-electron chi connectivity index (χ0n) is 13.9. The second kappa shape index (κ2) is 6.65. The van der Waals surface area contributed by atoms with E-state index in [0.29, 0.717) is 0 Å². The van der Waals surface area contributed by atoms with Crippen LogP contribution in [0.3, 0.4) is 0 Å². The van der Waals surface area contributed by atoms with Crippen LogP contribution in [0.15, 0.2) is 47.5 Å². The predicted octanol–water partition coefficient (Wildman–Crippen LogP) is 4.75. The van der Waals surface area contributed by atoms with Crippen molar-refractivity contribution in [3.63, 3.8) is 0 Å². The van der Waals surface area contributed by atoms with Crippen molar-refractivity contribution in [1.82, 2.24) is 0 Å². The second-order valence-corrected chi connectivity index (χ2v) is 6.10. The van der Waals surface area contributed by atoms with Crippen LogP contribution in [0.2, 0.25) is 0 Å². The monoisotopic (exact) mass is 297 g/mol. The van der Waals surface area contributed by atoms with E-state index < -0.39 is 0 Å². The zero-order chi connectivity index (χ0) is 16.2. The third kappa shape index (κ3) is 3.48. The summed E-state index contributed by atoms with van der Waals surface area (Å²) in [5.41, 5.74) is 3.05. The number of hydrogen-bond acceptors (Lipinski definition) is 3. The number of benzene rings is 2. The molecule has 0 radical (unpaired) electrons. The largest absolute Gasteiger partial charge is 0.496 e. The van der Waals surface area contributed by atoms with E-state index in [1.807, 2.05) is 42.6 Å². The molecule has 2 aromatic carbocycles. The summed E-state index contributed by atoms with van der Waals surface area (Å²) in [6, 6.07) is 13.9. The van der Waals surface area contributed by atoms with Gasteiger partial charge < -0.3 is 9.47 Å². The van der Waals surface area contributed by atoms with Crippen LogP contribution in [0.5, 0.6) is 11.5 Å². The van der Waals surface area contributed by atoms with Gasteiger partial charge in [0, 0.05) is 6.21 Å². The minimum Gasteiger partial charge on any atom is -0.496 e. The molecule has 0 fully saturated rings. The maximum absolute atomic E-state index is 5.40. The molecule has 2 aromatic rings. The maximum Gasteiger partial charge on any atom is 0.131 e. The fourth-order valence-corrected chi connectivity index (χ4v) is 2.36. The molecule has 3 heteroatoms. The van der Waals surface area contributed by atoms with E-state index in [0.717, 1.165) is 22.7 Å². The van der Waals surface area contributed by atoms with Gasteiger partial charge in [-0.25, -0.2) is 0 Å². The highest BCUT2D eigenvalue weighted by atomic mass is 16.5. The molecular formula is C19H23NO2. The third-order valence-electron chi connectivity index (χ3n) is 3.51. The Balaban J connectivity index is 2.46. The summed E-state index contributed by atoms with van der Waals surface area (Å²) in [6.45, 7) is 6.56. The molecule has 116 valence electrons. The van der Waals surface area contributed by atoms with Gasteiger partial charge in [-0.05, 0) is 29.2 Å². The third-order valence-corrected chi connectivity index (χ3v) is 3.51. The number of ether oxygens (including phenoxy) is 2. The molecule has 0 saturated carbocycles. The van der Waals surface area contributed by atoms with Gasteiger partial charge >= 0.3 is 0 Å². The van der Waals surface area contributed by atoms with Crippen LogP contribution >= 0.6 is 0 Å². The first kappa shape index (κ1) is 16.1. The first-order chi connectivity index (χ1) is 10.5. The standard InChI is InChI=1S/C19H23NO2/c1-19(2,3)15-9-6-7-10-16(15)20-13-14-17(21-4)11-8-12-18(14)22-5/h6-13H,1-5H3. The van der Waals surface area contributed by atoms with Gasteiger partial charge in [-0.15, -0.1) is 0 Å². The lowest BCUT2D eigenvalue weighted by atomic mass is 9.86. The van der Waals surface area contributed by atoms with Crippen LogP contribution in [-0.2, 0) is 5.41 Å². The predicted molar refractivity (Wildman–Crippen MR) is 91.9 cm³/mol. The van der Waals surface area contributed by atoms with E-state index in [-0.39, 0.29) is 5.41 Å². The van der Waals surface area contributed by atoms with Crippen molar-refractivity contribution in [2.75, 3.05) is 14.2 Å². The quantitative estimate of drug-likeness (QED) is 0.762. The average Bonchev–Trinajstić information content (AvgIpc) is 2.51. The van der Waals surface area contributed by atoms with E-state index in [4.69, 9.17) is 9.47 Å². The molecule has 0 aliphatic carbocycles. The van der Waals surface area contributed by atoms with Crippen molar-refractivity contribution in [3.05, 3.63) is 53.6 Å². The van der Waals surface area contributed by atoms with Crippen molar-refractivity contribution in [2.24, 2.45) is 4.99 Å². The Bertz CT molecular complexity index is 647. The number of aliphatic imine (C=N–C) groups is 1. The van der Waals surface area contributed by atoms with E-state index in [1.54, 1.807) is 14.2 Å². The van der Waals surface area contributed by atoms with Gasteiger partial charge in [0.25, 0.3) is 0 Å². The van der Waals surface area contributed by atoms with E-state index in [9.17, 15) is 0 Å². The number of methoxy groups -OCH3 is 2. The Morgan fingerprint density at radius 1 is 0.864 bits per heavy atom. The van der Waals surface area contributed by atoms with Crippen molar-refractivity contribution in [3.8, 4) is 11.5 Å². The molecule has 0 atom stereocenters. The van der Waals surface area contributed by atoms with Crippen molar-refractivity contribution in [2.45, 2.75) is 26.2 Å². The lowest BCUT2D eigenvalue weighted by Crippen LogP contribution is -2.11. The van der Waals surface area contributed by atoms with Crippen LogP contribution in [0, 0.1) is 0 Å². The number of para-hydroxylation sites is 1. The molecule has 0 N–H and O–H groups in total. The molecule has 0 amide bonds. The fourth-order valence-electron chi connectivity index (χ4n) is 2.36. The number of rotatable bonds is 4. The molecule has 2 rings (SSSR count). The molecule has 0 heterocycles. The molecule has 0 saturated heterocycles. The topological polar surface area (TPSA) is 30.8 Å². The van der Waals surface area contributed by atoms with E-state index in [2.05, 4.69) is 31.8 Å². The summed E-state index contributed by atoms with van der Waals surface area (Å²) in [4.78, 5) is 4.68. The van der Waals surface area contributed by atoms with Crippen LogP contribution in [0.1, 0.15) is 31.9 Å². The minimum atomic E-state index is 0.0405. The average molecular weight is 297 g/mol. The van der Waals surface area contributed by atoms with Crippen LogP contribution < -0.4 is 9.47 Å². The highest BCUT2D eigenvalue weighted by molar-refractivity contribution is 5.89. The van der Waals surface area contributed by atoms with Gasteiger partial charge in [0.05, 0.1) is 25.5 Å². The number of hydrogen-bond donors (Lipinski definition) is 0. The first-order valence-electron chi connectivity index (χ1n) is 7.32. The maximum atomic E-state index is 5.40. The summed E-state index contributed by atoms with van der Waals surface area (Å²) in [5, 5.41) is 0. The summed E-state index contributed by atoms with van der Waals surface area (Å²) in [6.07, 6.45) is 1.81. The van der Waals surface area contributed by atoms with Crippen molar-refractivity contribution < 1.29 is 9.47 Å². The molecule has 0 aliphatic rings. The van der Waals surface area contributed by atoms with Gasteiger partial charge in [0.15, 0.2) is 0 Å². The highest BCUT2D eigenvalue weighted by Crippen LogP contribution is 2.32. The lowest BCUT2D eigenvalue weighted by Gasteiger charge is -2.20. The van der Waals surface area contributed by atoms with E-state index >= 15 is 0 Å². The molecule has 0 bridgehead atoms. The molecule has 0 spiro atoms. The molecule has 22 heavy (non-hydrogen) atoms. The van der Waals surface area contributed by atoms with Crippen LogP contribution in [0.25, 0.3) is 0 Å². The molecule has 3 nitrogen and oxygen atoms in total. The van der Waals surface area contributed by atoms with Gasteiger partial charge in [0.2, 0.25) is 0 Å². The Kier molecular flexibility index (Phi) is 4.86. The molecule has 0 aliphatic heterocycles. The Labute approximate surface area is 132 Å². The van der Waals surface area contributed by atoms with Crippen LogP contribution in [0.4, 0.5) is 5.69 Å². The van der Waals surface area contributed by atoms with Crippen molar-refractivity contribution >= 4 is 11.9 Å². The van der Waals surface area contributed by atoms with Crippen LogP contribution in [-0.4, -0.2) is 20.4 Å². The summed E-state index contributed by atoms with van der Waals surface area (Å²) < 4.78 is 10.8. The summed E-state index contributed by atoms with van der Waals surface area (Å²) in [5.74, 6) is 1.49. The zero-order valence-corrected chi connectivity index (χ0v) is 13.9. The van der Waals surface area contributed by atoms with Gasteiger partial charge in [-0.3, -0.25) is 4.99 Å². The fraction of sp³-hybridized carbons (Fsp3) is 0.316. The first-order valence-corrected chi connectivity index (χ1v) is 7.32. The van der Waals surface area contributed by atoms with Gasteiger partial charge in [-0.1, -0.05) is 45.0 Å². The van der Waals surface area contributed by atoms with E-state index in [1.165, 1.54) is 5.56 Å². The highest BCUT2D eigenvalue weighted by Gasteiger charge is 2.17. The summed E-state index contributed by atoms with van der Waals surface area (Å²) in [7, 11) is 3.30.